The topological polar surface area (TPSA) is 123 Å². The number of hydrogen-bond donors (Lipinski definition) is 1. The molecule has 0 aliphatic carbocycles. The second-order valence-electron chi connectivity index (χ2n) is 14.6. The number of aromatic nitrogens is 2. The zero-order chi connectivity index (χ0) is 39.6. The lowest BCUT2D eigenvalue weighted by Crippen LogP contribution is -2.38. The third kappa shape index (κ3) is 7.61. The highest BCUT2D eigenvalue weighted by Crippen LogP contribution is 2.64. The number of rotatable bonds is 13. The van der Waals surface area contributed by atoms with Gasteiger partial charge < -0.3 is 33.3 Å². The number of fused-ring (bicyclic) bond motifs is 1. The fourth-order valence-corrected chi connectivity index (χ4v) is 10.4. The quantitative estimate of drug-likeness (QED) is 0.0946. The van der Waals surface area contributed by atoms with Crippen LogP contribution in [0.1, 0.15) is 61.6 Å². The van der Waals surface area contributed by atoms with Gasteiger partial charge in [-0.2, -0.15) is 4.98 Å². The number of hydrogen-bond acceptors (Lipinski definition) is 10. The molecular formula is C44H47N4O8P. The Balaban J connectivity index is 1.17. The molecule has 3 saturated heterocycles. The Morgan fingerprint density at radius 1 is 0.895 bits per heavy atom. The van der Waals surface area contributed by atoms with E-state index in [2.05, 4.69) is 46.2 Å². The summed E-state index contributed by atoms with van der Waals surface area (Å²) in [6.45, 7) is 4.47. The van der Waals surface area contributed by atoms with Gasteiger partial charge in [-0.25, -0.2) is 9.46 Å². The van der Waals surface area contributed by atoms with Crippen LogP contribution in [-0.4, -0.2) is 65.7 Å². The Hall–Kier alpha value is -4.94. The van der Waals surface area contributed by atoms with Crippen LogP contribution in [-0.2, 0) is 34.5 Å². The molecule has 57 heavy (non-hydrogen) atoms. The molecule has 3 aliphatic rings. The zero-order valence-electron chi connectivity index (χ0n) is 32.4. The number of ether oxygens (including phenoxy) is 4. The van der Waals surface area contributed by atoms with Crippen LogP contribution < -0.4 is 20.5 Å². The van der Waals surface area contributed by atoms with Gasteiger partial charge in [0.15, 0.2) is 0 Å². The number of carbonyl (C=O) groups is 1. The number of nitrogens with one attached hydrogen (secondary N) is 1. The number of anilines is 1. The van der Waals surface area contributed by atoms with Crippen LogP contribution in [0, 0.1) is 0 Å². The van der Waals surface area contributed by atoms with E-state index in [1.54, 1.807) is 26.5 Å². The van der Waals surface area contributed by atoms with E-state index in [9.17, 15) is 9.59 Å². The summed E-state index contributed by atoms with van der Waals surface area (Å²) in [5, 5.41) is 2.59. The van der Waals surface area contributed by atoms with E-state index in [4.69, 9.17) is 28.0 Å². The summed E-state index contributed by atoms with van der Waals surface area (Å²) in [5.41, 5.74) is 1.56. The first-order valence-electron chi connectivity index (χ1n) is 19.2. The monoisotopic (exact) mass is 790 g/mol. The molecule has 0 spiro atoms. The maximum atomic E-state index is 13.4. The average molecular weight is 791 g/mol. The van der Waals surface area contributed by atoms with E-state index >= 15 is 0 Å². The van der Waals surface area contributed by atoms with Crippen molar-refractivity contribution in [2.45, 2.75) is 68.8 Å². The lowest BCUT2D eigenvalue weighted by Gasteiger charge is -2.37. The lowest BCUT2D eigenvalue weighted by molar-refractivity contribution is -0.114. The molecular weight excluding hydrogens is 743 g/mol. The third-order valence-electron chi connectivity index (χ3n) is 11.2. The molecule has 1 aromatic heterocycles. The first-order valence-corrected chi connectivity index (χ1v) is 20.3. The molecule has 0 radical (unpaired) electrons. The molecule has 4 heterocycles. The summed E-state index contributed by atoms with van der Waals surface area (Å²) in [4.78, 5) is 29.3. The third-order valence-corrected chi connectivity index (χ3v) is 13.1. The van der Waals surface area contributed by atoms with Crippen LogP contribution in [0.25, 0.3) is 0 Å². The number of benzene rings is 4. The Morgan fingerprint density at radius 2 is 1.51 bits per heavy atom. The summed E-state index contributed by atoms with van der Waals surface area (Å²) in [7, 11) is 1.78. The second kappa shape index (κ2) is 16.5. The van der Waals surface area contributed by atoms with Crippen LogP contribution in [0.3, 0.4) is 0 Å². The molecule has 296 valence electrons. The molecule has 12 nitrogen and oxygen atoms in total. The van der Waals surface area contributed by atoms with E-state index in [1.807, 2.05) is 84.9 Å². The van der Waals surface area contributed by atoms with Crippen molar-refractivity contribution in [2.75, 3.05) is 32.7 Å². The number of amides is 1. The van der Waals surface area contributed by atoms with Gasteiger partial charge in [0.2, 0.25) is 5.91 Å². The van der Waals surface area contributed by atoms with E-state index in [0.29, 0.717) is 6.42 Å². The van der Waals surface area contributed by atoms with Crippen molar-refractivity contribution >= 4 is 20.3 Å². The Labute approximate surface area is 333 Å². The molecule has 5 aromatic rings. The van der Waals surface area contributed by atoms with Crippen molar-refractivity contribution in [3.8, 4) is 11.5 Å². The van der Waals surface area contributed by atoms with Crippen LogP contribution in [0.5, 0.6) is 11.5 Å². The van der Waals surface area contributed by atoms with Gasteiger partial charge in [0.05, 0.1) is 33.0 Å². The second-order valence-corrected chi connectivity index (χ2v) is 16.0. The van der Waals surface area contributed by atoms with Gasteiger partial charge in [-0.05, 0) is 72.4 Å². The van der Waals surface area contributed by atoms with Crippen molar-refractivity contribution in [3.63, 3.8) is 0 Å². The SMILES string of the molecule is COc1ccc(C(OC[C@H]2O[C@@H](n3ccc(NC(C)=O)nc3=O)C[C@@H]2OP2O[C@](C)(c3ccccc3)[C@@H]3CCCN32)(c2ccccc2)c2ccc(OC)cc2)cc1. The molecule has 1 amide bonds. The molecule has 1 N–H and O–H groups in total. The minimum atomic E-state index is -1.51. The lowest BCUT2D eigenvalue weighted by atomic mass is 9.80. The van der Waals surface area contributed by atoms with Gasteiger partial charge in [-0.1, -0.05) is 84.9 Å². The maximum Gasteiger partial charge on any atom is 0.351 e. The van der Waals surface area contributed by atoms with Crippen LogP contribution in [0.4, 0.5) is 5.82 Å². The smallest absolute Gasteiger partial charge is 0.351 e. The fourth-order valence-electron chi connectivity index (χ4n) is 8.29. The van der Waals surface area contributed by atoms with Crippen molar-refractivity contribution in [1.29, 1.82) is 0 Å². The molecule has 0 saturated carbocycles. The molecule has 6 atom stereocenters. The normalized spacial score (nSPS) is 24.6. The van der Waals surface area contributed by atoms with Crippen molar-refractivity contribution in [1.82, 2.24) is 14.2 Å². The van der Waals surface area contributed by atoms with Crippen LogP contribution in [0.2, 0.25) is 0 Å². The highest BCUT2D eigenvalue weighted by Gasteiger charge is 2.56. The molecule has 0 bridgehead atoms. The largest absolute Gasteiger partial charge is 0.497 e. The van der Waals surface area contributed by atoms with Crippen molar-refractivity contribution < 1.29 is 32.8 Å². The van der Waals surface area contributed by atoms with E-state index in [1.165, 1.54) is 11.5 Å². The number of nitrogens with zero attached hydrogens (tertiary/aromatic N) is 3. The molecule has 13 heteroatoms. The zero-order valence-corrected chi connectivity index (χ0v) is 33.3. The molecule has 3 fully saturated rings. The van der Waals surface area contributed by atoms with E-state index < -0.39 is 43.9 Å². The minimum Gasteiger partial charge on any atom is -0.497 e. The fraction of sp³-hybridized carbons (Fsp3) is 0.341. The first-order chi connectivity index (χ1) is 27.7. The predicted molar refractivity (Wildman–Crippen MR) is 216 cm³/mol. The van der Waals surface area contributed by atoms with Crippen molar-refractivity contribution in [2.24, 2.45) is 0 Å². The Kier molecular flexibility index (Phi) is 11.3. The minimum absolute atomic E-state index is 0.0861. The highest BCUT2D eigenvalue weighted by atomic mass is 31.2. The van der Waals surface area contributed by atoms with Gasteiger partial charge in [-0.3, -0.25) is 9.36 Å². The summed E-state index contributed by atoms with van der Waals surface area (Å²) >= 11 is 0. The van der Waals surface area contributed by atoms with Gasteiger partial charge in [-0.15, -0.1) is 0 Å². The van der Waals surface area contributed by atoms with E-state index in [0.717, 1.165) is 53.1 Å². The van der Waals surface area contributed by atoms with Crippen LogP contribution >= 0.6 is 8.53 Å². The summed E-state index contributed by atoms with van der Waals surface area (Å²) in [5.74, 6) is 1.29. The van der Waals surface area contributed by atoms with Crippen molar-refractivity contribution in [3.05, 3.63) is 154 Å². The molecule has 1 unspecified atom stereocenters. The Bertz CT molecular complexity index is 2160. The van der Waals surface area contributed by atoms with Gasteiger partial charge >= 0.3 is 5.69 Å². The number of carbonyl (C=O) groups excluding carboxylic acids is 1. The van der Waals surface area contributed by atoms with Gasteiger partial charge in [0.25, 0.3) is 8.53 Å². The standard InChI is InChI=1S/C44H47N4O8P/c1-30(49)45-40-25-27-47(42(50)46-40)41-28-37(55-57-48-26-11-16-39(48)43(2,56-57)31-12-7-5-8-13-31)38(54-41)29-53-44(32-14-9-6-10-15-32,33-17-21-35(51-3)22-18-33)34-19-23-36(52-4)24-20-34/h5-10,12-15,17-25,27,37-39,41H,11,16,26,28-29H2,1-4H3,(H,45,46,49,50)/t37-,38+,39-,41+,43+,57?/m0/s1. The average Bonchev–Trinajstić information content (AvgIpc) is 3.96. The highest BCUT2D eigenvalue weighted by molar-refractivity contribution is 7.45. The molecule has 3 aliphatic heterocycles. The van der Waals surface area contributed by atoms with E-state index in [-0.39, 0.29) is 24.4 Å². The van der Waals surface area contributed by atoms with Gasteiger partial charge in [0, 0.05) is 26.1 Å². The summed E-state index contributed by atoms with van der Waals surface area (Å²) < 4.78 is 43.0. The molecule has 4 aromatic carbocycles. The van der Waals surface area contributed by atoms with Gasteiger partial charge in [0.1, 0.15) is 40.9 Å². The molecule has 8 rings (SSSR count). The summed E-state index contributed by atoms with van der Waals surface area (Å²) in [6, 6.07) is 37.9. The summed E-state index contributed by atoms with van der Waals surface area (Å²) in [6.07, 6.45) is 2.08. The first kappa shape index (κ1) is 38.9. The number of methoxy groups -OCH3 is 2. The Morgan fingerprint density at radius 3 is 2.11 bits per heavy atom. The maximum absolute atomic E-state index is 13.4. The van der Waals surface area contributed by atoms with Crippen LogP contribution in [0.15, 0.2) is 126 Å². The predicted octanol–water partition coefficient (Wildman–Crippen LogP) is 7.54.